The minimum absolute atomic E-state index is 0.254. The van der Waals surface area contributed by atoms with Crippen LogP contribution in [0.4, 0.5) is 10.2 Å². The highest BCUT2D eigenvalue weighted by molar-refractivity contribution is 7.18. The Kier molecular flexibility index (Phi) is 3.24. The third kappa shape index (κ3) is 2.33. The Labute approximate surface area is 135 Å². The van der Waals surface area contributed by atoms with Crippen molar-refractivity contribution in [1.82, 2.24) is 15.0 Å². The summed E-state index contributed by atoms with van der Waals surface area (Å²) in [4.78, 5) is 12.6. The highest BCUT2D eigenvalue weighted by Crippen LogP contribution is 2.39. The summed E-state index contributed by atoms with van der Waals surface area (Å²) in [6, 6.07) is 8.32. The number of nitrogens with zero attached hydrogens (tertiary/aromatic N) is 3. The van der Waals surface area contributed by atoms with E-state index in [0.717, 1.165) is 32.5 Å². The molecular weight excluding hydrogens is 311 g/mol. The Balaban J connectivity index is 1.94. The third-order valence-electron chi connectivity index (χ3n) is 3.64. The molecule has 0 aliphatic heterocycles. The fourth-order valence-corrected chi connectivity index (χ4v) is 3.59. The molecular formula is C17H11FN4S. The van der Waals surface area contributed by atoms with Gasteiger partial charge in [-0.1, -0.05) is 12.1 Å². The number of rotatable bonds is 2. The van der Waals surface area contributed by atoms with Crippen molar-refractivity contribution in [2.45, 2.75) is 0 Å². The summed E-state index contributed by atoms with van der Waals surface area (Å²) in [5.74, 6) is 0.181. The van der Waals surface area contributed by atoms with Gasteiger partial charge < -0.3 is 5.73 Å². The number of hydrogen-bond acceptors (Lipinski definition) is 5. The van der Waals surface area contributed by atoms with Gasteiger partial charge in [-0.05, 0) is 23.8 Å². The molecule has 0 unspecified atom stereocenters. The van der Waals surface area contributed by atoms with E-state index in [1.54, 1.807) is 35.9 Å². The number of nitrogen functional groups attached to an aromatic ring is 1. The molecule has 3 heterocycles. The van der Waals surface area contributed by atoms with Crippen LogP contribution < -0.4 is 5.73 Å². The fraction of sp³-hybridized carbons (Fsp3) is 0. The SMILES string of the molecule is Nc1ncncc1-c1ccnc2c(-c3ccc(F)cc3)csc12. The van der Waals surface area contributed by atoms with E-state index in [0.29, 0.717) is 5.82 Å². The molecule has 0 bridgehead atoms. The van der Waals surface area contributed by atoms with Gasteiger partial charge in [-0.2, -0.15) is 0 Å². The van der Waals surface area contributed by atoms with Crippen molar-refractivity contribution in [2.24, 2.45) is 0 Å². The Morgan fingerprint density at radius 1 is 0.957 bits per heavy atom. The molecule has 1 aromatic carbocycles. The van der Waals surface area contributed by atoms with E-state index < -0.39 is 0 Å². The van der Waals surface area contributed by atoms with Crippen molar-refractivity contribution in [3.05, 3.63) is 60.3 Å². The van der Waals surface area contributed by atoms with Crippen LogP contribution in [0.15, 0.2) is 54.4 Å². The summed E-state index contributed by atoms with van der Waals surface area (Å²) in [7, 11) is 0. The van der Waals surface area contributed by atoms with Crippen LogP contribution in [0.5, 0.6) is 0 Å². The number of nitrogens with two attached hydrogens (primary N) is 1. The zero-order chi connectivity index (χ0) is 15.8. The first-order valence-electron chi connectivity index (χ1n) is 6.92. The summed E-state index contributed by atoms with van der Waals surface area (Å²) in [6.07, 6.45) is 4.87. The van der Waals surface area contributed by atoms with Crippen LogP contribution in [0.3, 0.4) is 0 Å². The lowest BCUT2D eigenvalue weighted by molar-refractivity contribution is 0.628. The van der Waals surface area contributed by atoms with E-state index >= 15 is 0 Å². The molecule has 4 rings (SSSR count). The molecule has 23 heavy (non-hydrogen) atoms. The van der Waals surface area contributed by atoms with Gasteiger partial charge in [-0.3, -0.25) is 4.98 Å². The zero-order valence-electron chi connectivity index (χ0n) is 11.9. The fourth-order valence-electron chi connectivity index (χ4n) is 2.53. The van der Waals surface area contributed by atoms with Crippen LogP contribution in [0.25, 0.3) is 32.5 Å². The minimum atomic E-state index is -0.254. The molecule has 0 radical (unpaired) electrons. The molecule has 112 valence electrons. The second-order valence-corrected chi connectivity index (χ2v) is 5.89. The van der Waals surface area contributed by atoms with Crippen molar-refractivity contribution >= 4 is 27.4 Å². The molecule has 6 heteroatoms. The Morgan fingerprint density at radius 3 is 2.57 bits per heavy atom. The largest absolute Gasteiger partial charge is 0.383 e. The molecule has 0 spiro atoms. The van der Waals surface area contributed by atoms with E-state index in [4.69, 9.17) is 5.73 Å². The number of anilines is 1. The number of halogens is 1. The van der Waals surface area contributed by atoms with Gasteiger partial charge in [0.05, 0.1) is 10.2 Å². The first-order chi connectivity index (χ1) is 11.2. The molecule has 0 aliphatic rings. The van der Waals surface area contributed by atoms with E-state index in [9.17, 15) is 4.39 Å². The highest BCUT2D eigenvalue weighted by atomic mass is 32.1. The number of pyridine rings is 1. The average Bonchev–Trinajstić information content (AvgIpc) is 3.00. The zero-order valence-corrected chi connectivity index (χ0v) is 12.7. The second kappa shape index (κ2) is 5.40. The van der Waals surface area contributed by atoms with Crippen molar-refractivity contribution in [2.75, 3.05) is 5.73 Å². The van der Waals surface area contributed by atoms with Crippen LogP contribution in [-0.2, 0) is 0 Å². The molecule has 0 saturated carbocycles. The topological polar surface area (TPSA) is 64.7 Å². The molecule has 3 aromatic heterocycles. The molecule has 0 saturated heterocycles. The number of aromatic nitrogens is 3. The maximum atomic E-state index is 13.1. The molecule has 2 N–H and O–H groups in total. The molecule has 0 amide bonds. The molecule has 0 aliphatic carbocycles. The van der Waals surface area contributed by atoms with Crippen molar-refractivity contribution in [3.63, 3.8) is 0 Å². The van der Waals surface area contributed by atoms with Crippen LogP contribution in [0, 0.1) is 5.82 Å². The highest BCUT2D eigenvalue weighted by Gasteiger charge is 2.14. The van der Waals surface area contributed by atoms with Gasteiger partial charge in [0.2, 0.25) is 0 Å². The summed E-state index contributed by atoms with van der Waals surface area (Å²) in [5, 5.41) is 2.02. The smallest absolute Gasteiger partial charge is 0.134 e. The Hall–Kier alpha value is -2.86. The summed E-state index contributed by atoms with van der Waals surface area (Å²) in [6.45, 7) is 0. The lowest BCUT2D eigenvalue weighted by Crippen LogP contribution is -1.95. The molecule has 4 aromatic rings. The number of benzene rings is 1. The van der Waals surface area contributed by atoms with Crippen molar-refractivity contribution in [3.8, 4) is 22.3 Å². The summed E-state index contributed by atoms with van der Waals surface area (Å²) < 4.78 is 14.1. The van der Waals surface area contributed by atoms with Crippen molar-refractivity contribution < 1.29 is 4.39 Å². The minimum Gasteiger partial charge on any atom is -0.383 e. The first-order valence-corrected chi connectivity index (χ1v) is 7.80. The monoisotopic (exact) mass is 322 g/mol. The summed E-state index contributed by atoms with van der Waals surface area (Å²) >= 11 is 1.58. The Morgan fingerprint density at radius 2 is 1.78 bits per heavy atom. The van der Waals surface area contributed by atoms with Gasteiger partial charge in [-0.15, -0.1) is 11.3 Å². The van der Waals surface area contributed by atoms with Gasteiger partial charge in [-0.25, -0.2) is 14.4 Å². The van der Waals surface area contributed by atoms with E-state index in [1.807, 2.05) is 11.4 Å². The van der Waals surface area contributed by atoms with E-state index in [2.05, 4.69) is 15.0 Å². The predicted octanol–water partition coefficient (Wildman–Crippen LogP) is 4.14. The second-order valence-electron chi connectivity index (χ2n) is 5.01. The average molecular weight is 322 g/mol. The number of fused-ring (bicyclic) bond motifs is 1. The van der Waals surface area contributed by atoms with Crippen LogP contribution >= 0.6 is 11.3 Å². The van der Waals surface area contributed by atoms with Gasteiger partial charge in [0.25, 0.3) is 0 Å². The van der Waals surface area contributed by atoms with Gasteiger partial charge >= 0.3 is 0 Å². The van der Waals surface area contributed by atoms with Crippen molar-refractivity contribution in [1.29, 1.82) is 0 Å². The standard InChI is InChI=1S/C17H11FN4S/c18-11-3-1-10(2-4-11)14-8-23-16-12(5-6-21-15(14)16)13-7-20-9-22-17(13)19/h1-9H,(H2,19,20,22). The Bertz CT molecular complexity index is 995. The number of hydrogen-bond donors (Lipinski definition) is 1. The molecule has 0 atom stereocenters. The third-order valence-corrected chi connectivity index (χ3v) is 4.65. The first kappa shape index (κ1) is 13.8. The van der Waals surface area contributed by atoms with Crippen LogP contribution in [0.1, 0.15) is 0 Å². The van der Waals surface area contributed by atoms with Gasteiger partial charge in [0.1, 0.15) is 18.0 Å². The molecule has 0 fully saturated rings. The number of thiophene rings is 1. The normalized spacial score (nSPS) is 11.0. The van der Waals surface area contributed by atoms with Crippen LogP contribution in [0.2, 0.25) is 0 Å². The van der Waals surface area contributed by atoms with Gasteiger partial charge in [0.15, 0.2) is 0 Å². The maximum absolute atomic E-state index is 13.1. The van der Waals surface area contributed by atoms with E-state index in [-0.39, 0.29) is 5.82 Å². The van der Waals surface area contributed by atoms with Crippen LogP contribution in [-0.4, -0.2) is 15.0 Å². The predicted molar refractivity (Wildman–Crippen MR) is 90.5 cm³/mol. The quantitative estimate of drug-likeness (QED) is 0.602. The lowest BCUT2D eigenvalue weighted by atomic mass is 10.0. The van der Waals surface area contributed by atoms with E-state index in [1.165, 1.54) is 18.5 Å². The maximum Gasteiger partial charge on any atom is 0.134 e. The lowest BCUT2D eigenvalue weighted by Gasteiger charge is -2.05. The molecule has 4 nitrogen and oxygen atoms in total. The van der Waals surface area contributed by atoms with Gasteiger partial charge in [0, 0.05) is 34.5 Å². The summed E-state index contributed by atoms with van der Waals surface area (Å²) in [5.41, 5.74) is 10.5.